The molecule has 2 fully saturated rings. The molecule has 1 aliphatic heterocycles. The molecular formula is C10H16O2. The summed E-state index contributed by atoms with van der Waals surface area (Å²) in [6.07, 6.45) is 3.78. The van der Waals surface area contributed by atoms with Crippen LogP contribution in [0.4, 0.5) is 0 Å². The first kappa shape index (κ1) is 8.09. The maximum Gasteiger partial charge on any atom is 0.309 e. The van der Waals surface area contributed by atoms with Crippen LogP contribution in [0.1, 0.15) is 33.1 Å². The maximum absolute atomic E-state index is 11.2. The second kappa shape index (κ2) is 2.75. The summed E-state index contributed by atoms with van der Waals surface area (Å²) in [5.41, 5.74) is 0. The molecular weight excluding hydrogens is 152 g/mol. The van der Waals surface area contributed by atoms with Gasteiger partial charge in [-0.2, -0.15) is 0 Å². The summed E-state index contributed by atoms with van der Waals surface area (Å²) in [4.78, 5) is 11.2. The molecule has 68 valence electrons. The van der Waals surface area contributed by atoms with Crippen LogP contribution < -0.4 is 0 Å². The first-order valence-electron chi connectivity index (χ1n) is 4.89. The van der Waals surface area contributed by atoms with Crippen molar-refractivity contribution in [1.82, 2.24) is 0 Å². The molecule has 0 spiro atoms. The van der Waals surface area contributed by atoms with E-state index in [-0.39, 0.29) is 18.0 Å². The molecule has 0 aromatic carbocycles. The highest BCUT2D eigenvalue weighted by atomic mass is 16.6. The summed E-state index contributed by atoms with van der Waals surface area (Å²) in [7, 11) is 0. The quantitative estimate of drug-likeness (QED) is 0.517. The number of fused-ring (bicyclic) bond motifs is 1. The molecule has 2 nitrogen and oxygen atoms in total. The largest absolute Gasteiger partial charge is 0.462 e. The Kier molecular flexibility index (Phi) is 1.85. The van der Waals surface area contributed by atoms with Gasteiger partial charge < -0.3 is 4.74 Å². The minimum Gasteiger partial charge on any atom is -0.462 e. The van der Waals surface area contributed by atoms with Crippen LogP contribution in [0, 0.1) is 17.8 Å². The topological polar surface area (TPSA) is 26.3 Å². The molecule has 0 aromatic rings. The third-order valence-corrected chi connectivity index (χ3v) is 3.39. The van der Waals surface area contributed by atoms with Crippen molar-refractivity contribution < 1.29 is 9.53 Å². The van der Waals surface area contributed by atoms with E-state index in [9.17, 15) is 4.79 Å². The van der Waals surface area contributed by atoms with Gasteiger partial charge in [-0.25, -0.2) is 0 Å². The zero-order valence-electron chi connectivity index (χ0n) is 7.75. The van der Waals surface area contributed by atoms with Crippen LogP contribution >= 0.6 is 0 Å². The van der Waals surface area contributed by atoms with Crippen LogP contribution in [-0.4, -0.2) is 12.1 Å². The standard InChI is InChI=1S/C10H16O2/c1-6-3-4-8-7(2)10(11)12-9(8)5-6/h6-9H,3-5H2,1-2H3/t6?,7-,8-,9?/m1/s1. The number of rotatable bonds is 0. The van der Waals surface area contributed by atoms with Crippen LogP contribution in [0.25, 0.3) is 0 Å². The minimum absolute atomic E-state index is 0.0269. The highest BCUT2D eigenvalue weighted by molar-refractivity contribution is 5.74. The summed E-state index contributed by atoms with van der Waals surface area (Å²) in [5, 5.41) is 0. The van der Waals surface area contributed by atoms with Crippen molar-refractivity contribution in [3.8, 4) is 0 Å². The number of hydrogen-bond donors (Lipinski definition) is 0. The molecule has 0 bridgehead atoms. The minimum atomic E-state index is 0.0269. The zero-order valence-corrected chi connectivity index (χ0v) is 7.75. The number of hydrogen-bond acceptors (Lipinski definition) is 2. The van der Waals surface area contributed by atoms with Crippen LogP contribution in [0.5, 0.6) is 0 Å². The van der Waals surface area contributed by atoms with E-state index in [0.717, 1.165) is 12.3 Å². The van der Waals surface area contributed by atoms with Gasteiger partial charge in [0.25, 0.3) is 0 Å². The smallest absolute Gasteiger partial charge is 0.309 e. The van der Waals surface area contributed by atoms with Gasteiger partial charge >= 0.3 is 5.97 Å². The van der Waals surface area contributed by atoms with E-state index in [2.05, 4.69) is 6.92 Å². The second-order valence-electron chi connectivity index (χ2n) is 4.35. The van der Waals surface area contributed by atoms with Gasteiger partial charge in [-0.1, -0.05) is 20.3 Å². The molecule has 2 rings (SSSR count). The Labute approximate surface area is 73.3 Å². The molecule has 1 saturated heterocycles. The molecule has 12 heavy (non-hydrogen) atoms. The molecule has 0 aromatic heterocycles. The van der Waals surface area contributed by atoms with Crippen molar-refractivity contribution in [3.05, 3.63) is 0 Å². The highest BCUT2D eigenvalue weighted by Gasteiger charge is 2.43. The average molecular weight is 168 g/mol. The van der Waals surface area contributed by atoms with Gasteiger partial charge in [0.1, 0.15) is 6.10 Å². The molecule has 1 aliphatic carbocycles. The lowest BCUT2D eigenvalue weighted by molar-refractivity contribution is -0.144. The van der Waals surface area contributed by atoms with E-state index in [0.29, 0.717) is 5.92 Å². The van der Waals surface area contributed by atoms with Gasteiger partial charge in [0, 0.05) is 5.92 Å². The van der Waals surface area contributed by atoms with Gasteiger partial charge in [-0.3, -0.25) is 4.79 Å². The van der Waals surface area contributed by atoms with E-state index in [4.69, 9.17) is 4.74 Å². The first-order valence-corrected chi connectivity index (χ1v) is 4.89. The van der Waals surface area contributed by atoms with E-state index < -0.39 is 0 Å². The molecule has 2 unspecified atom stereocenters. The van der Waals surface area contributed by atoms with E-state index in [1.165, 1.54) is 12.8 Å². The van der Waals surface area contributed by atoms with Crippen molar-refractivity contribution in [1.29, 1.82) is 0 Å². The lowest BCUT2D eigenvalue weighted by Gasteiger charge is -2.28. The monoisotopic (exact) mass is 168 g/mol. The fourth-order valence-corrected chi connectivity index (χ4v) is 2.49. The fourth-order valence-electron chi connectivity index (χ4n) is 2.49. The normalized spacial score (nSPS) is 47.0. The van der Waals surface area contributed by atoms with Crippen molar-refractivity contribution in [2.24, 2.45) is 17.8 Å². The summed E-state index contributed by atoms with van der Waals surface area (Å²) < 4.78 is 5.31. The van der Waals surface area contributed by atoms with Gasteiger partial charge in [-0.05, 0) is 18.8 Å². The summed E-state index contributed by atoms with van der Waals surface area (Å²) >= 11 is 0. The lowest BCUT2D eigenvalue weighted by Crippen LogP contribution is -2.27. The third-order valence-electron chi connectivity index (χ3n) is 3.39. The maximum atomic E-state index is 11.2. The number of carbonyl (C=O) groups is 1. The fraction of sp³-hybridized carbons (Fsp3) is 0.900. The Morgan fingerprint density at radius 1 is 1.33 bits per heavy atom. The van der Waals surface area contributed by atoms with Gasteiger partial charge in [0.15, 0.2) is 0 Å². The molecule has 2 heteroatoms. The van der Waals surface area contributed by atoms with E-state index in [1.807, 2.05) is 6.92 Å². The Hall–Kier alpha value is -0.530. The second-order valence-corrected chi connectivity index (χ2v) is 4.35. The summed E-state index contributed by atoms with van der Waals surface area (Å²) in [5.74, 6) is 1.44. The average Bonchev–Trinajstić information content (AvgIpc) is 2.28. The predicted molar refractivity (Wildman–Crippen MR) is 45.5 cm³/mol. The third kappa shape index (κ3) is 1.13. The molecule has 0 radical (unpaired) electrons. The van der Waals surface area contributed by atoms with Gasteiger partial charge in [0.05, 0.1) is 5.92 Å². The molecule has 2 aliphatic rings. The van der Waals surface area contributed by atoms with Crippen molar-refractivity contribution >= 4 is 5.97 Å². The summed E-state index contributed by atoms with van der Waals surface area (Å²) in [6.45, 7) is 4.25. The van der Waals surface area contributed by atoms with E-state index >= 15 is 0 Å². The molecule has 4 atom stereocenters. The number of ether oxygens (including phenoxy) is 1. The van der Waals surface area contributed by atoms with Gasteiger partial charge in [-0.15, -0.1) is 0 Å². The Balaban J connectivity index is 2.09. The molecule has 0 amide bonds. The van der Waals surface area contributed by atoms with Crippen molar-refractivity contribution in [3.63, 3.8) is 0 Å². The predicted octanol–water partition coefficient (Wildman–Crippen LogP) is 1.98. The molecule has 1 saturated carbocycles. The van der Waals surface area contributed by atoms with Crippen LogP contribution in [0.3, 0.4) is 0 Å². The van der Waals surface area contributed by atoms with Crippen molar-refractivity contribution in [2.75, 3.05) is 0 Å². The van der Waals surface area contributed by atoms with Crippen molar-refractivity contribution in [2.45, 2.75) is 39.2 Å². The number of carbonyl (C=O) groups excluding carboxylic acids is 1. The SMILES string of the molecule is CC1CC[C@H]2C(C1)OC(=O)[C@@H]2C. The first-order chi connectivity index (χ1) is 5.68. The Morgan fingerprint density at radius 2 is 2.08 bits per heavy atom. The molecule has 0 N–H and O–H groups in total. The van der Waals surface area contributed by atoms with Crippen LogP contribution in [0.15, 0.2) is 0 Å². The van der Waals surface area contributed by atoms with Crippen LogP contribution in [0.2, 0.25) is 0 Å². The molecule has 1 heterocycles. The van der Waals surface area contributed by atoms with Crippen LogP contribution in [-0.2, 0) is 9.53 Å². The lowest BCUT2D eigenvalue weighted by atomic mass is 9.77. The summed E-state index contributed by atoms with van der Waals surface area (Å²) in [6, 6.07) is 0. The van der Waals surface area contributed by atoms with E-state index in [1.54, 1.807) is 0 Å². The van der Waals surface area contributed by atoms with Gasteiger partial charge in [0.2, 0.25) is 0 Å². The Morgan fingerprint density at radius 3 is 2.83 bits per heavy atom. The highest BCUT2D eigenvalue weighted by Crippen LogP contribution is 2.40. The Bertz CT molecular complexity index is 200. The zero-order chi connectivity index (χ0) is 8.72. The number of esters is 1.